The summed E-state index contributed by atoms with van der Waals surface area (Å²) in [6.45, 7) is 7.50. The van der Waals surface area contributed by atoms with Crippen LogP contribution in [0.25, 0.3) is 0 Å². The molecule has 0 spiro atoms. The van der Waals surface area contributed by atoms with E-state index < -0.39 is 0 Å². The zero-order chi connectivity index (χ0) is 17.6. The van der Waals surface area contributed by atoms with Crippen LogP contribution in [0.3, 0.4) is 0 Å². The first-order valence-electron chi connectivity index (χ1n) is 8.68. The van der Waals surface area contributed by atoms with Crippen molar-refractivity contribution >= 4 is 12.0 Å². The van der Waals surface area contributed by atoms with Crippen molar-refractivity contribution in [3.63, 3.8) is 0 Å². The SMILES string of the molecule is CCC(NC(=O)N1CCN(c2ncccn2)CC1)c1ncnn1CC. The maximum Gasteiger partial charge on any atom is 0.318 e. The van der Waals surface area contributed by atoms with Crippen LogP contribution in [0, 0.1) is 0 Å². The van der Waals surface area contributed by atoms with Gasteiger partial charge >= 0.3 is 6.03 Å². The summed E-state index contributed by atoms with van der Waals surface area (Å²) in [5.41, 5.74) is 0. The van der Waals surface area contributed by atoms with Crippen LogP contribution in [-0.4, -0.2) is 61.8 Å². The second-order valence-electron chi connectivity index (χ2n) is 5.87. The molecule has 134 valence electrons. The molecule has 3 rings (SSSR count). The van der Waals surface area contributed by atoms with Gasteiger partial charge in [0, 0.05) is 45.1 Å². The highest BCUT2D eigenvalue weighted by Gasteiger charge is 2.25. The van der Waals surface area contributed by atoms with Crippen molar-refractivity contribution in [1.82, 2.24) is 34.9 Å². The highest BCUT2D eigenvalue weighted by atomic mass is 16.2. The second kappa shape index (κ2) is 7.91. The molecule has 3 heterocycles. The fraction of sp³-hybridized carbons (Fsp3) is 0.562. The van der Waals surface area contributed by atoms with E-state index in [1.165, 1.54) is 6.33 Å². The van der Waals surface area contributed by atoms with E-state index >= 15 is 0 Å². The molecule has 1 saturated heterocycles. The van der Waals surface area contributed by atoms with Crippen LogP contribution in [0.5, 0.6) is 0 Å². The minimum absolute atomic E-state index is 0.0638. The second-order valence-corrected chi connectivity index (χ2v) is 5.87. The highest BCUT2D eigenvalue weighted by molar-refractivity contribution is 5.75. The normalized spacial score (nSPS) is 15.9. The van der Waals surface area contributed by atoms with Crippen molar-refractivity contribution in [2.75, 3.05) is 31.1 Å². The zero-order valence-electron chi connectivity index (χ0n) is 14.7. The van der Waals surface area contributed by atoms with Crippen molar-refractivity contribution in [2.24, 2.45) is 0 Å². The lowest BCUT2D eigenvalue weighted by Crippen LogP contribution is -2.52. The van der Waals surface area contributed by atoms with Gasteiger partial charge in [-0.2, -0.15) is 5.10 Å². The molecule has 0 aromatic carbocycles. The molecule has 9 nitrogen and oxygen atoms in total. The number of nitrogens with one attached hydrogen (secondary N) is 1. The Morgan fingerprint density at radius 2 is 1.88 bits per heavy atom. The topological polar surface area (TPSA) is 92.1 Å². The summed E-state index contributed by atoms with van der Waals surface area (Å²) in [6.07, 6.45) is 5.77. The van der Waals surface area contributed by atoms with Gasteiger partial charge in [0.05, 0.1) is 6.04 Å². The molecule has 1 unspecified atom stereocenters. The Morgan fingerprint density at radius 3 is 2.52 bits per heavy atom. The third kappa shape index (κ3) is 3.86. The summed E-state index contributed by atoms with van der Waals surface area (Å²) in [5, 5.41) is 7.27. The van der Waals surface area contributed by atoms with Crippen molar-refractivity contribution in [2.45, 2.75) is 32.9 Å². The third-order valence-corrected chi connectivity index (χ3v) is 4.36. The maximum atomic E-state index is 12.6. The molecule has 1 atom stereocenters. The van der Waals surface area contributed by atoms with Crippen LogP contribution >= 0.6 is 0 Å². The van der Waals surface area contributed by atoms with Crippen molar-refractivity contribution < 1.29 is 4.79 Å². The summed E-state index contributed by atoms with van der Waals surface area (Å²) in [5.74, 6) is 1.51. The number of aromatic nitrogens is 5. The van der Waals surface area contributed by atoms with Crippen LogP contribution in [-0.2, 0) is 6.54 Å². The van der Waals surface area contributed by atoms with Gasteiger partial charge < -0.3 is 15.1 Å². The molecule has 0 bridgehead atoms. The fourth-order valence-corrected chi connectivity index (χ4v) is 2.94. The number of hydrogen-bond donors (Lipinski definition) is 1. The number of carbonyl (C=O) groups excluding carboxylic acids is 1. The van der Waals surface area contributed by atoms with Crippen molar-refractivity contribution in [3.8, 4) is 0 Å². The monoisotopic (exact) mass is 344 g/mol. The molecular formula is C16H24N8O. The largest absolute Gasteiger partial charge is 0.337 e. The number of rotatable bonds is 5. The van der Waals surface area contributed by atoms with Crippen LogP contribution in [0.4, 0.5) is 10.7 Å². The Labute approximate surface area is 147 Å². The number of nitrogens with zero attached hydrogens (tertiary/aromatic N) is 7. The Bertz CT molecular complexity index is 680. The third-order valence-electron chi connectivity index (χ3n) is 4.36. The Balaban J connectivity index is 1.57. The van der Waals surface area contributed by atoms with E-state index in [9.17, 15) is 4.79 Å². The Hall–Kier alpha value is -2.71. The van der Waals surface area contributed by atoms with Gasteiger partial charge in [0.2, 0.25) is 5.95 Å². The van der Waals surface area contributed by atoms with Gasteiger partial charge in [-0.3, -0.25) is 0 Å². The molecule has 2 amide bonds. The lowest BCUT2D eigenvalue weighted by molar-refractivity contribution is 0.188. The molecule has 1 aliphatic heterocycles. The number of hydrogen-bond acceptors (Lipinski definition) is 6. The van der Waals surface area contributed by atoms with E-state index in [4.69, 9.17) is 0 Å². The summed E-state index contributed by atoms with van der Waals surface area (Å²) in [6, 6.07) is 1.60. The molecule has 1 aliphatic rings. The lowest BCUT2D eigenvalue weighted by Gasteiger charge is -2.35. The Morgan fingerprint density at radius 1 is 1.16 bits per heavy atom. The van der Waals surface area contributed by atoms with Crippen LogP contribution < -0.4 is 10.2 Å². The van der Waals surface area contributed by atoms with Gasteiger partial charge in [-0.15, -0.1) is 0 Å². The molecule has 2 aromatic rings. The molecule has 1 N–H and O–H groups in total. The van der Waals surface area contributed by atoms with Gasteiger partial charge in [0.25, 0.3) is 0 Å². The van der Waals surface area contributed by atoms with Gasteiger partial charge in [-0.05, 0) is 19.4 Å². The summed E-state index contributed by atoms with van der Waals surface area (Å²) < 4.78 is 1.82. The van der Waals surface area contributed by atoms with E-state index in [0.717, 1.165) is 31.9 Å². The summed E-state index contributed by atoms with van der Waals surface area (Å²) in [4.78, 5) is 29.4. The molecule has 9 heteroatoms. The minimum Gasteiger partial charge on any atom is -0.337 e. The Kier molecular flexibility index (Phi) is 5.42. The van der Waals surface area contributed by atoms with Gasteiger partial charge in [-0.1, -0.05) is 6.92 Å². The summed E-state index contributed by atoms with van der Waals surface area (Å²) >= 11 is 0. The average Bonchev–Trinajstić information content (AvgIpc) is 3.15. The maximum absolute atomic E-state index is 12.6. The number of urea groups is 1. The van der Waals surface area contributed by atoms with Crippen molar-refractivity contribution in [3.05, 3.63) is 30.6 Å². The first kappa shape index (κ1) is 17.1. The molecule has 0 radical (unpaired) electrons. The number of amides is 2. The highest BCUT2D eigenvalue weighted by Crippen LogP contribution is 2.15. The van der Waals surface area contributed by atoms with Gasteiger partial charge in [-0.25, -0.2) is 24.4 Å². The van der Waals surface area contributed by atoms with Crippen LogP contribution in [0.15, 0.2) is 24.8 Å². The number of anilines is 1. The van der Waals surface area contributed by atoms with E-state index in [1.54, 1.807) is 18.5 Å². The first-order chi connectivity index (χ1) is 12.2. The van der Waals surface area contributed by atoms with E-state index in [0.29, 0.717) is 19.0 Å². The molecule has 2 aromatic heterocycles. The van der Waals surface area contributed by atoms with Crippen LogP contribution in [0.1, 0.15) is 32.1 Å². The fourth-order valence-electron chi connectivity index (χ4n) is 2.94. The van der Waals surface area contributed by atoms with E-state index in [-0.39, 0.29) is 12.1 Å². The molecule has 1 fully saturated rings. The minimum atomic E-state index is -0.134. The first-order valence-corrected chi connectivity index (χ1v) is 8.68. The number of piperazine rings is 1. The van der Waals surface area contributed by atoms with Gasteiger partial charge in [0.15, 0.2) is 0 Å². The molecule has 0 aliphatic carbocycles. The lowest BCUT2D eigenvalue weighted by atomic mass is 10.2. The predicted octanol–water partition coefficient (Wildman–Crippen LogP) is 1.07. The molecule has 0 saturated carbocycles. The quantitative estimate of drug-likeness (QED) is 0.872. The molecule has 25 heavy (non-hydrogen) atoms. The van der Waals surface area contributed by atoms with E-state index in [2.05, 4.69) is 30.3 Å². The standard InChI is InChI=1S/C16H24N8O/c1-3-13(14-19-12-20-24(14)4-2)21-16(25)23-10-8-22(9-11-23)15-17-6-5-7-18-15/h5-7,12-13H,3-4,8-11H2,1-2H3,(H,21,25). The van der Waals surface area contributed by atoms with Crippen molar-refractivity contribution in [1.29, 1.82) is 0 Å². The predicted molar refractivity (Wildman–Crippen MR) is 93.1 cm³/mol. The zero-order valence-corrected chi connectivity index (χ0v) is 14.7. The number of aryl methyl sites for hydroxylation is 1. The summed E-state index contributed by atoms with van der Waals surface area (Å²) in [7, 11) is 0. The average molecular weight is 344 g/mol. The van der Waals surface area contributed by atoms with E-state index in [1.807, 2.05) is 23.4 Å². The number of carbonyl (C=O) groups is 1. The smallest absolute Gasteiger partial charge is 0.318 e. The molecular weight excluding hydrogens is 320 g/mol. The van der Waals surface area contributed by atoms with Gasteiger partial charge in [0.1, 0.15) is 12.2 Å². The van der Waals surface area contributed by atoms with Crippen LogP contribution in [0.2, 0.25) is 0 Å².